The molecule has 1 saturated carbocycles. The minimum atomic E-state index is -0.504. The first-order valence-electron chi connectivity index (χ1n) is 10.6. The number of carbonyl (C=O) groups is 1. The highest BCUT2D eigenvalue weighted by Gasteiger charge is 2.53. The van der Waals surface area contributed by atoms with Gasteiger partial charge in [-0.05, 0) is 36.6 Å². The van der Waals surface area contributed by atoms with Crippen molar-refractivity contribution in [1.29, 1.82) is 0 Å². The molecule has 7 nitrogen and oxygen atoms in total. The second-order valence-corrected chi connectivity index (χ2v) is 8.53. The maximum Gasteiger partial charge on any atom is 0.267 e. The van der Waals surface area contributed by atoms with Crippen LogP contribution in [0.4, 0.5) is 0 Å². The van der Waals surface area contributed by atoms with Crippen LogP contribution < -0.4 is 5.73 Å². The van der Waals surface area contributed by atoms with E-state index in [-0.39, 0.29) is 12.4 Å². The number of amides is 1. The number of methoxy groups -OCH3 is 1. The number of ether oxygens (including phenoxy) is 1. The third-order valence-electron chi connectivity index (χ3n) is 7.00. The number of nitrogens with one attached hydrogen (secondary N) is 1. The minimum absolute atomic E-state index is 0. The number of carbonyl (C=O) groups excluding carboxylic acids is 1. The van der Waals surface area contributed by atoms with Gasteiger partial charge in [0.1, 0.15) is 11.3 Å². The highest BCUT2D eigenvalue weighted by Crippen LogP contribution is 2.51. The topological polar surface area (TPSA) is 97.1 Å². The largest absolute Gasteiger partial charge is 0.373 e. The average Bonchev–Trinajstić information content (AvgIpc) is 3.16. The Bertz CT molecular complexity index is 1070. The lowest BCUT2D eigenvalue weighted by molar-refractivity contribution is -0.170. The number of rotatable bonds is 5. The van der Waals surface area contributed by atoms with Crippen LogP contribution >= 0.6 is 12.4 Å². The molecule has 0 radical (unpaired) electrons. The summed E-state index contributed by atoms with van der Waals surface area (Å²) in [6, 6.07) is 12.1. The van der Waals surface area contributed by atoms with Gasteiger partial charge >= 0.3 is 0 Å². The average molecular weight is 442 g/mol. The fraction of sp³-hybridized carbons (Fsp3) is 0.435. The van der Waals surface area contributed by atoms with Gasteiger partial charge in [0.05, 0.1) is 11.2 Å². The van der Waals surface area contributed by atoms with Crippen molar-refractivity contribution < 1.29 is 9.53 Å². The monoisotopic (exact) mass is 441 g/mol. The molecule has 0 spiro atoms. The van der Waals surface area contributed by atoms with E-state index >= 15 is 0 Å². The fourth-order valence-electron chi connectivity index (χ4n) is 5.74. The molecule has 2 aromatic heterocycles. The standard InChI is InChI=1S/C23H27N5O2.ClH/c1-30-23(15-9-10-25-20(11-15)22(24)29)16-5-4-6-17(23)13-28(12-16)14-21-18-7-2-3-8-19(18)26-27-21;/h2-3,7-11,16-17H,4-6,12-14H2,1H3,(H2,24,29)(H,26,27);1H/t16-,17+,23-;. The van der Waals surface area contributed by atoms with Crippen molar-refractivity contribution in [2.24, 2.45) is 17.6 Å². The number of fused-ring (bicyclic) bond motifs is 3. The lowest BCUT2D eigenvalue weighted by Crippen LogP contribution is -2.58. The van der Waals surface area contributed by atoms with E-state index in [2.05, 4.69) is 38.3 Å². The number of aromatic amines is 1. The van der Waals surface area contributed by atoms with Gasteiger partial charge in [0.2, 0.25) is 0 Å². The summed E-state index contributed by atoms with van der Waals surface area (Å²) >= 11 is 0. The number of H-pyrrole nitrogens is 1. The summed E-state index contributed by atoms with van der Waals surface area (Å²) in [5, 5.41) is 8.90. The lowest BCUT2D eigenvalue weighted by Gasteiger charge is -2.55. The van der Waals surface area contributed by atoms with Crippen LogP contribution in [0.15, 0.2) is 42.6 Å². The first kappa shape index (κ1) is 21.7. The van der Waals surface area contributed by atoms with E-state index in [1.165, 1.54) is 11.8 Å². The number of halogens is 1. The number of nitrogens with two attached hydrogens (primary N) is 1. The summed E-state index contributed by atoms with van der Waals surface area (Å²) in [6.07, 6.45) is 5.06. The van der Waals surface area contributed by atoms with Gasteiger partial charge in [-0.15, -0.1) is 12.4 Å². The molecule has 1 aliphatic heterocycles. The van der Waals surface area contributed by atoms with Crippen molar-refractivity contribution in [2.45, 2.75) is 31.4 Å². The van der Waals surface area contributed by atoms with Crippen LogP contribution in [0.1, 0.15) is 41.0 Å². The van der Waals surface area contributed by atoms with Gasteiger partial charge in [-0.3, -0.25) is 19.8 Å². The molecule has 1 amide bonds. The van der Waals surface area contributed by atoms with Crippen LogP contribution in [-0.4, -0.2) is 46.2 Å². The number of para-hydroxylation sites is 1. The third kappa shape index (κ3) is 3.60. The second kappa shape index (κ2) is 8.57. The van der Waals surface area contributed by atoms with Crippen LogP contribution in [0.25, 0.3) is 10.9 Å². The SMILES string of the molecule is CO[C@]1(c2ccnc(C(N)=O)c2)[C@@H]2CCC[C@H]1CN(Cc1n[nH]c3ccccc13)C2.Cl. The van der Waals surface area contributed by atoms with E-state index in [1.54, 1.807) is 13.3 Å². The number of aromatic nitrogens is 3. The molecule has 1 aliphatic carbocycles. The number of pyridine rings is 1. The van der Waals surface area contributed by atoms with Crippen LogP contribution in [-0.2, 0) is 16.9 Å². The Morgan fingerprint density at radius 2 is 2.00 bits per heavy atom. The third-order valence-corrected chi connectivity index (χ3v) is 7.00. The van der Waals surface area contributed by atoms with Gasteiger partial charge in [0, 0.05) is 50.2 Å². The van der Waals surface area contributed by atoms with Crippen molar-refractivity contribution >= 4 is 29.2 Å². The maximum absolute atomic E-state index is 11.7. The summed E-state index contributed by atoms with van der Waals surface area (Å²) in [5.41, 5.74) is 8.58. The van der Waals surface area contributed by atoms with Crippen LogP contribution in [0.3, 0.4) is 0 Å². The van der Waals surface area contributed by atoms with Gasteiger partial charge in [-0.25, -0.2) is 0 Å². The molecule has 8 heteroatoms. The molecular weight excluding hydrogens is 414 g/mol. The molecule has 3 heterocycles. The summed E-state index contributed by atoms with van der Waals surface area (Å²) in [5.74, 6) is 0.169. The molecule has 1 saturated heterocycles. The zero-order valence-electron chi connectivity index (χ0n) is 17.6. The van der Waals surface area contributed by atoms with Crippen LogP contribution in [0, 0.1) is 11.8 Å². The van der Waals surface area contributed by atoms with E-state index in [9.17, 15) is 4.79 Å². The highest BCUT2D eigenvalue weighted by molar-refractivity contribution is 5.90. The van der Waals surface area contributed by atoms with Crippen molar-refractivity contribution in [1.82, 2.24) is 20.1 Å². The van der Waals surface area contributed by atoms with Gasteiger partial charge < -0.3 is 10.5 Å². The van der Waals surface area contributed by atoms with E-state index in [1.807, 2.05) is 18.2 Å². The van der Waals surface area contributed by atoms with Gasteiger partial charge in [-0.2, -0.15) is 5.10 Å². The number of likely N-dealkylation sites (tertiary alicyclic amines) is 1. The Kier molecular flexibility index (Phi) is 6.01. The Balaban J connectivity index is 0.00000231. The Morgan fingerprint density at radius 3 is 2.71 bits per heavy atom. The van der Waals surface area contributed by atoms with Gasteiger partial charge in [0.15, 0.2) is 0 Å². The normalized spacial score (nSPS) is 25.8. The number of nitrogens with zero attached hydrogens (tertiary/aromatic N) is 3. The Labute approximate surface area is 187 Å². The molecule has 2 bridgehead atoms. The highest BCUT2D eigenvalue weighted by atomic mass is 35.5. The molecule has 3 N–H and O–H groups in total. The van der Waals surface area contributed by atoms with Crippen molar-refractivity contribution in [3.05, 3.63) is 59.5 Å². The van der Waals surface area contributed by atoms with E-state index < -0.39 is 11.5 Å². The predicted molar refractivity (Wildman–Crippen MR) is 121 cm³/mol. The number of piperidine rings is 1. The molecule has 3 aromatic rings. The fourth-order valence-corrected chi connectivity index (χ4v) is 5.74. The molecular formula is C23H28ClN5O2. The van der Waals surface area contributed by atoms with Crippen molar-refractivity contribution in [2.75, 3.05) is 20.2 Å². The zero-order valence-corrected chi connectivity index (χ0v) is 18.4. The van der Waals surface area contributed by atoms with E-state index in [4.69, 9.17) is 10.5 Å². The predicted octanol–water partition coefficient (Wildman–Crippen LogP) is 3.25. The van der Waals surface area contributed by atoms with E-state index in [0.717, 1.165) is 49.2 Å². The first-order chi connectivity index (χ1) is 14.6. The lowest BCUT2D eigenvalue weighted by atomic mass is 9.62. The second-order valence-electron chi connectivity index (χ2n) is 8.53. The van der Waals surface area contributed by atoms with Gasteiger partial charge in [-0.1, -0.05) is 24.6 Å². The van der Waals surface area contributed by atoms with Gasteiger partial charge in [0.25, 0.3) is 5.91 Å². The Morgan fingerprint density at radius 1 is 1.26 bits per heavy atom. The smallest absolute Gasteiger partial charge is 0.267 e. The molecule has 31 heavy (non-hydrogen) atoms. The number of hydrogen-bond acceptors (Lipinski definition) is 5. The number of benzene rings is 1. The molecule has 2 aliphatic rings. The zero-order chi connectivity index (χ0) is 20.7. The number of primary amides is 1. The molecule has 0 unspecified atom stereocenters. The Hall–Kier alpha value is -2.48. The number of hydrogen-bond donors (Lipinski definition) is 2. The quantitative estimate of drug-likeness (QED) is 0.633. The molecule has 2 fully saturated rings. The molecule has 3 atom stereocenters. The van der Waals surface area contributed by atoms with Crippen molar-refractivity contribution in [3.8, 4) is 0 Å². The first-order valence-corrected chi connectivity index (χ1v) is 10.6. The summed E-state index contributed by atoms with van der Waals surface area (Å²) in [6.45, 7) is 2.68. The summed E-state index contributed by atoms with van der Waals surface area (Å²) < 4.78 is 6.29. The van der Waals surface area contributed by atoms with Crippen LogP contribution in [0.2, 0.25) is 0 Å². The molecule has 164 valence electrons. The van der Waals surface area contributed by atoms with Crippen molar-refractivity contribution in [3.63, 3.8) is 0 Å². The summed E-state index contributed by atoms with van der Waals surface area (Å²) in [4.78, 5) is 18.4. The minimum Gasteiger partial charge on any atom is -0.373 e. The molecule has 5 rings (SSSR count). The summed E-state index contributed by atoms with van der Waals surface area (Å²) in [7, 11) is 1.80. The maximum atomic E-state index is 11.7. The molecule has 1 aromatic carbocycles. The van der Waals surface area contributed by atoms with Crippen LogP contribution in [0.5, 0.6) is 0 Å². The van der Waals surface area contributed by atoms with E-state index in [0.29, 0.717) is 17.5 Å².